The third-order valence-corrected chi connectivity index (χ3v) is 3.73. The second-order valence-corrected chi connectivity index (χ2v) is 5.43. The maximum absolute atomic E-state index is 12.2. The lowest BCUT2D eigenvalue weighted by atomic mass is 9.91. The van der Waals surface area contributed by atoms with Crippen LogP contribution in [0.4, 0.5) is 0 Å². The lowest BCUT2D eigenvalue weighted by Crippen LogP contribution is -2.63. The highest BCUT2D eigenvalue weighted by Gasteiger charge is 2.43. The molecule has 0 saturated carbocycles. The number of amides is 1. The Labute approximate surface area is 116 Å². The summed E-state index contributed by atoms with van der Waals surface area (Å²) >= 11 is 0. The summed E-state index contributed by atoms with van der Waals surface area (Å²) in [4.78, 5) is 22.2. The summed E-state index contributed by atoms with van der Waals surface area (Å²) in [7, 11) is 0. The molecule has 2 aromatic heterocycles. The number of aryl methyl sites for hydroxylation is 2. The quantitative estimate of drug-likeness (QED) is 0.854. The van der Waals surface area contributed by atoms with Crippen LogP contribution in [-0.2, 0) is 0 Å². The zero-order valence-electron chi connectivity index (χ0n) is 11.8. The van der Waals surface area contributed by atoms with Crippen molar-refractivity contribution < 1.29 is 9.90 Å². The zero-order chi connectivity index (χ0) is 14.5. The lowest BCUT2D eigenvalue weighted by Gasteiger charge is -2.45. The molecule has 1 N–H and O–H groups in total. The number of hydrogen-bond acceptors (Lipinski definition) is 5. The van der Waals surface area contributed by atoms with Gasteiger partial charge in [0.05, 0.1) is 18.7 Å². The first-order valence-corrected chi connectivity index (χ1v) is 6.64. The fourth-order valence-corrected chi connectivity index (χ4v) is 2.43. The van der Waals surface area contributed by atoms with Gasteiger partial charge in [-0.1, -0.05) is 6.92 Å². The van der Waals surface area contributed by atoms with E-state index in [-0.39, 0.29) is 11.7 Å². The van der Waals surface area contributed by atoms with Crippen LogP contribution in [0.5, 0.6) is 0 Å². The first-order chi connectivity index (χ1) is 9.42. The van der Waals surface area contributed by atoms with E-state index >= 15 is 0 Å². The van der Waals surface area contributed by atoms with E-state index < -0.39 is 5.60 Å². The second kappa shape index (κ2) is 4.24. The minimum Gasteiger partial charge on any atom is -0.386 e. The van der Waals surface area contributed by atoms with E-state index in [0.717, 1.165) is 11.4 Å². The molecule has 0 radical (unpaired) electrons. The van der Waals surface area contributed by atoms with Crippen LogP contribution in [0.2, 0.25) is 0 Å². The smallest absolute Gasteiger partial charge is 0.293 e. The van der Waals surface area contributed by atoms with Gasteiger partial charge in [-0.25, -0.2) is 9.50 Å². The molecule has 0 unspecified atom stereocenters. The normalized spacial score (nSPS) is 17.3. The van der Waals surface area contributed by atoms with Crippen molar-refractivity contribution in [1.29, 1.82) is 0 Å². The monoisotopic (exact) mass is 275 g/mol. The summed E-state index contributed by atoms with van der Waals surface area (Å²) in [5.74, 6) is 0.298. The summed E-state index contributed by atoms with van der Waals surface area (Å²) < 4.78 is 1.56. The molecular weight excluding hydrogens is 258 g/mol. The third-order valence-electron chi connectivity index (χ3n) is 3.73. The topological polar surface area (TPSA) is 83.6 Å². The highest BCUT2D eigenvalue weighted by molar-refractivity contribution is 5.91. The molecule has 1 saturated heterocycles. The molecule has 0 aromatic carbocycles. The van der Waals surface area contributed by atoms with Crippen molar-refractivity contribution >= 4 is 11.7 Å². The Morgan fingerprint density at radius 1 is 1.40 bits per heavy atom. The molecule has 20 heavy (non-hydrogen) atoms. The molecule has 0 bridgehead atoms. The summed E-state index contributed by atoms with van der Waals surface area (Å²) in [5, 5.41) is 14.2. The molecule has 7 heteroatoms. The van der Waals surface area contributed by atoms with E-state index in [1.165, 1.54) is 0 Å². The SMILES string of the molecule is CCC1(O)CN(C(=O)c2nc3nc(C)cc(C)n3n2)C1. The van der Waals surface area contributed by atoms with Crippen molar-refractivity contribution in [3.63, 3.8) is 0 Å². The number of fused-ring (bicyclic) bond motifs is 1. The average Bonchev–Trinajstić information content (AvgIpc) is 2.78. The van der Waals surface area contributed by atoms with Gasteiger partial charge in [-0.15, -0.1) is 5.10 Å². The van der Waals surface area contributed by atoms with Gasteiger partial charge in [0, 0.05) is 11.4 Å². The Morgan fingerprint density at radius 2 is 2.10 bits per heavy atom. The predicted molar refractivity (Wildman–Crippen MR) is 71.4 cm³/mol. The molecular formula is C13H17N5O2. The Morgan fingerprint density at radius 3 is 2.75 bits per heavy atom. The van der Waals surface area contributed by atoms with Gasteiger partial charge < -0.3 is 10.0 Å². The number of aromatic nitrogens is 4. The van der Waals surface area contributed by atoms with Crippen LogP contribution in [0, 0.1) is 13.8 Å². The number of aliphatic hydroxyl groups is 1. The minimum atomic E-state index is -0.750. The number of rotatable bonds is 2. The predicted octanol–water partition coefficient (Wildman–Crippen LogP) is 0.338. The molecule has 1 fully saturated rings. The molecule has 2 aromatic rings. The van der Waals surface area contributed by atoms with Crippen molar-refractivity contribution in [1.82, 2.24) is 24.5 Å². The molecule has 3 rings (SSSR count). The standard InChI is InChI=1S/C13H17N5O2/c1-4-13(20)6-17(7-13)11(19)10-15-12-14-8(2)5-9(3)18(12)16-10/h5,20H,4,6-7H2,1-3H3. The molecule has 1 aliphatic rings. The number of β-amino-alcohol motifs (C(OH)–C–C–N with tert-alkyl or cyclic N) is 1. The minimum absolute atomic E-state index is 0.129. The number of hydrogen-bond donors (Lipinski definition) is 1. The summed E-state index contributed by atoms with van der Waals surface area (Å²) in [6, 6.07) is 1.88. The summed E-state index contributed by atoms with van der Waals surface area (Å²) in [6.07, 6.45) is 0.634. The Balaban J connectivity index is 1.88. The van der Waals surface area contributed by atoms with Crippen molar-refractivity contribution in [3.05, 3.63) is 23.3 Å². The zero-order valence-corrected chi connectivity index (χ0v) is 11.8. The summed E-state index contributed by atoms with van der Waals surface area (Å²) in [6.45, 7) is 6.34. The van der Waals surface area contributed by atoms with Crippen LogP contribution in [-0.4, -0.2) is 54.2 Å². The van der Waals surface area contributed by atoms with Gasteiger partial charge >= 0.3 is 0 Å². The van der Waals surface area contributed by atoms with Gasteiger partial charge in [-0.2, -0.15) is 4.98 Å². The second-order valence-electron chi connectivity index (χ2n) is 5.43. The molecule has 106 valence electrons. The first kappa shape index (κ1) is 13.0. The molecule has 0 atom stereocenters. The van der Waals surface area contributed by atoms with Crippen molar-refractivity contribution in [2.75, 3.05) is 13.1 Å². The highest BCUT2D eigenvalue weighted by Crippen LogP contribution is 2.25. The van der Waals surface area contributed by atoms with Gasteiger partial charge in [-0.3, -0.25) is 4.79 Å². The van der Waals surface area contributed by atoms with Crippen LogP contribution in [0.3, 0.4) is 0 Å². The van der Waals surface area contributed by atoms with Gasteiger partial charge in [0.25, 0.3) is 11.7 Å². The van der Waals surface area contributed by atoms with Crippen molar-refractivity contribution in [2.24, 2.45) is 0 Å². The van der Waals surface area contributed by atoms with Gasteiger partial charge in [0.15, 0.2) is 0 Å². The number of likely N-dealkylation sites (tertiary alicyclic amines) is 1. The summed E-state index contributed by atoms with van der Waals surface area (Å²) in [5.41, 5.74) is 0.970. The van der Waals surface area contributed by atoms with Gasteiger partial charge in [0.1, 0.15) is 0 Å². The molecule has 0 aliphatic carbocycles. The number of carbonyl (C=O) groups is 1. The van der Waals surface area contributed by atoms with E-state index in [1.807, 2.05) is 26.8 Å². The van der Waals surface area contributed by atoms with Crippen LogP contribution >= 0.6 is 0 Å². The Bertz CT molecular complexity index is 687. The van der Waals surface area contributed by atoms with E-state index in [0.29, 0.717) is 25.3 Å². The van der Waals surface area contributed by atoms with Gasteiger partial charge in [0.2, 0.25) is 5.82 Å². The fraction of sp³-hybridized carbons (Fsp3) is 0.538. The fourth-order valence-electron chi connectivity index (χ4n) is 2.43. The molecule has 0 spiro atoms. The van der Waals surface area contributed by atoms with E-state index in [4.69, 9.17) is 0 Å². The molecule has 7 nitrogen and oxygen atoms in total. The van der Waals surface area contributed by atoms with Gasteiger partial charge in [-0.05, 0) is 26.3 Å². The van der Waals surface area contributed by atoms with Crippen molar-refractivity contribution in [2.45, 2.75) is 32.8 Å². The maximum Gasteiger partial charge on any atom is 0.293 e. The molecule has 1 aliphatic heterocycles. The maximum atomic E-state index is 12.2. The number of carbonyl (C=O) groups excluding carboxylic acids is 1. The van der Waals surface area contributed by atoms with Crippen LogP contribution < -0.4 is 0 Å². The number of nitrogens with zero attached hydrogens (tertiary/aromatic N) is 5. The van der Waals surface area contributed by atoms with E-state index in [2.05, 4.69) is 15.1 Å². The van der Waals surface area contributed by atoms with Crippen molar-refractivity contribution in [3.8, 4) is 0 Å². The highest BCUT2D eigenvalue weighted by atomic mass is 16.3. The van der Waals surface area contributed by atoms with Crippen LogP contribution in [0.25, 0.3) is 5.78 Å². The third kappa shape index (κ3) is 1.94. The Hall–Kier alpha value is -2.02. The molecule has 3 heterocycles. The van der Waals surface area contributed by atoms with Crippen LogP contribution in [0.15, 0.2) is 6.07 Å². The largest absolute Gasteiger partial charge is 0.386 e. The lowest BCUT2D eigenvalue weighted by molar-refractivity contribution is -0.0829. The first-order valence-electron chi connectivity index (χ1n) is 6.64. The van der Waals surface area contributed by atoms with Crippen LogP contribution in [0.1, 0.15) is 35.4 Å². The van der Waals surface area contributed by atoms with E-state index in [9.17, 15) is 9.90 Å². The average molecular weight is 275 g/mol. The Kier molecular flexibility index (Phi) is 2.75. The molecule has 1 amide bonds. The van der Waals surface area contributed by atoms with E-state index in [1.54, 1.807) is 9.42 Å².